The number of carbonyl (C=O) groups excluding carboxylic acids is 1. The van der Waals surface area contributed by atoms with Crippen molar-refractivity contribution >= 4 is 5.91 Å². The summed E-state index contributed by atoms with van der Waals surface area (Å²) in [5.74, 6) is 1.10. The van der Waals surface area contributed by atoms with Crippen LogP contribution in [0.2, 0.25) is 0 Å². The minimum absolute atomic E-state index is 0.0655. The zero-order chi connectivity index (χ0) is 18.2. The highest BCUT2D eigenvalue weighted by molar-refractivity contribution is 5.80. The molecule has 1 N–H and O–H groups in total. The van der Waals surface area contributed by atoms with Crippen LogP contribution in [-0.4, -0.2) is 18.6 Å². The number of aryl methyl sites for hydroxylation is 2. The topological polar surface area (TPSA) is 38.3 Å². The fraction of sp³-hybridized carbons (Fsp3) is 0.409. The van der Waals surface area contributed by atoms with Gasteiger partial charge in [0.2, 0.25) is 0 Å². The number of amides is 1. The van der Waals surface area contributed by atoms with Gasteiger partial charge in [0, 0.05) is 6.54 Å². The minimum Gasteiger partial charge on any atom is -0.481 e. The van der Waals surface area contributed by atoms with E-state index in [0.717, 1.165) is 29.7 Å². The predicted octanol–water partition coefficient (Wildman–Crippen LogP) is 4.63. The summed E-state index contributed by atoms with van der Waals surface area (Å²) in [7, 11) is 0. The molecule has 1 amide bonds. The first-order valence-corrected chi connectivity index (χ1v) is 9.06. The summed E-state index contributed by atoms with van der Waals surface area (Å²) in [6.07, 6.45) is 1.38. The van der Waals surface area contributed by atoms with Crippen molar-refractivity contribution < 1.29 is 9.53 Å². The average molecular weight is 339 g/mol. The second-order valence-electron chi connectivity index (χ2n) is 6.84. The van der Waals surface area contributed by atoms with Crippen LogP contribution in [0.4, 0.5) is 0 Å². The van der Waals surface area contributed by atoms with Gasteiger partial charge < -0.3 is 10.1 Å². The Balaban J connectivity index is 1.83. The summed E-state index contributed by atoms with van der Waals surface area (Å²) in [4.78, 5) is 12.3. The average Bonchev–Trinajstić information content (AvgIpc) is 2.59. The highest BCUT2D eigenvalue weighted by atomic mass is 16.5. The first-order valence-electron chi connectivity index (χ1n) is 9.06. The summed E-state index contributed by atoms with van der Waals surface area (Å²) in [6, 6.07) is 16.5. The van der Waals surface area contributed by atoms with Crippen LogP contribution in [-0.2, 0) is 11.2 Å². The van der Waals surface area contributed by atoms with Crippen molar-refractivity contribution in [2.75, 3.05) is 6.54 Å². The minimum atomic E-state index is -0.504. The van der Waals surface area contributed by atoms with Crippen molar-refractivity contribution in [2.24, 2.45) is 0 Å². The van der Waals surface area contributed by atoms with E-state index in [-0.39, 0.29) is 5.91 Å². The van der Waals surface area contributed by atoms with Crippen LogP contribution in [0.15, 0.2) is 48.5 Å². The number of nitrogens with one attached hydrogen (secondary N) is 1. The molecule has 0 aliphatic carbocycles. The molecule has 1 unspecified atom stereocenters. The first kappa shape index (κ1) is 19.0. The molecule has 0 aliphatic heterocycles. The lowest BCUT2D eigenvalue weighted by molar-refractivity contribution is -0.127. The molecule has 0 saturated heterocycles. The van der Waals surface area contributed by atoms with Gasteiger partial charge in [0.15, 0.2) is 6.10 Å². The van der Waals surface area contributed by atoms with Gasteiger partial charge >= 0.3 is 0 Å². The second kappa shape index (κ2) is 9.26. The van der Waals surface area contributed by atoms with E-state index < -0.39 is 6.10 Å². The van der Waals surface area contributed by atoms with Gasteiger partial charge in [-0.3, -0.25) is 4.79 Å². The third-order valence-electron chi connectivity index (χ3n) is 4.25. The van der Waals surface area contributed by atoms with Crippen LogP contribution in [0.1, 0.15) is 49.8 Å². The van der Waals surface area contributed by atoms with Crippen LogP contribution in [0.25, 0.3) is 0 Å². The van der Waals surface area contributed by atoms with E-state index in [4.69, 9.17) is 4.74 Å². The Morgan fingerprint density at radius 1 is 1.08 bits per heavy atom. The molecule has 134 valence electrons. The van der Waals surface area contributed by atoms with E-state index in [1.807, 2.05) is 31.2 Å². The summed E-state index contributed by atoms with van der Waals surface area (Å²) in [6.45, 7) is 8.76. The number of hydrogen-bond donors (Lipinski definition) is 1. The Morgan fingerprint density at radius 2 is 1.80 bits per heavy atom. The van der Waals surface area contributed by atoms with Crippen molar-refractivity contribution in [3.8, 4) is 5.75 Å². The SMILES string of the molecule is Cc1ccc(C(C)C)c(OC(C)C(=O)NCCCc2ccccc2)c1. The standard InChI is InChI=1S/C22H29NO2/c1-16(2)20-13-12-17(3)15-21(20)25-18(4)22(24)23-14-8-11-19-9-6-5-7-10-19/h5-7,9-10,12-13,15-16,18H,8,11,14H2,1-4H3,(H,23,24). The van der Waals surface area contributed by atoms with Crippen molar-refractivity contribution in [3.05, 3.63) is 65.2 Å². The lowest BCUT2D eigenvalue weighted by atomic mass is 10.0. The number of carbonyl (C=O) groups is 1. The van der Waals surface area contributed by atoms with Crippen LogP contribution in [0.5, 0.6) is 5.75 Å². The molecule has 0 saturated carbocycles. The van der Waals surface area contributed by atoms with Crippen LogP contribution in [0, 0.1) is 6.92 Å². The summed E-state index contributed by atoms with van der Waals surface area (Å²) in [5, 5.41) is 2.97. The van der Waals surface area contributed by atoms with Gasteiger partial charge in [0.1, 0.15) is 5.75 Å². The molecule has 2 aromatic carbocycles. The lowest BCUT2D eigenvalue weighted by Gasteiger charge is -2.19. The van der Waals surface area contributed by atoms with E-state index in [2.05, 4.69) is 43.4 Å². The predicted molar refractivity (Wildman–Crippen MR) is 103 cm³/mol. The summed E-state index contributed by atoms with van der Waals surface area (Å²) < 4.78 is 5.95. The summed E-state index contributed by atoms with van der Waals surface area (Å²) in [5.41, 5.74) is 3.56. The summed E-state index contributed by atoms with van der Waals surface area (Å²) >= 11 is 0. The largest absolute Gasteiger partial charge is 0.481 e. The Bertz CT molecular complexity index is 680. The molecule has 0 bridgehead atoms. The van der Waals surface area contributed by atoms with Crippen molar-refractivity contribution in [1.82, 2.24) is 5.32 Å². The van der Waals surface area contributed by atoms with Gasteiger partial charge in [-0.15, -0.1) is 0 Å². The maximum Gasteiger partial charge on any atom is 0.260 e. The molecule has 0 aromatic heterocycles. The fourth-order valence-electron chi connectivity index (χ4n) is 2.76. The second-order valence-corrected chi connectivity index (χ2v) is 6.84. The third kappa shape index (κ3) is 5.93. The van der Waals surface area contributed by atoms with E-state index in [0.29, 0.717) is 12.5 Å². The van der Waals surface area contributed by atoms with E-state index >= 15 is 0 Å². The maximum absolute atomic E-state index is 12.3. The van der Waals surface area contributed by atoms with Crippen LogP contribution in [0.3, 0.4) is 0 Å². The van der Waals surface area contributed by atoms with Crippen LogP contribution < -0.4 is 10.1 Å². The first-order chi connectivity index (χ1) is 12.0. The molecule has 0 aliphatic rings. The lowest BCUT2D eigenvalue weighted by Crippen LogP contribution is -2.37. The molecule has 2 rings (SSSR count). The van der Waals surface area contributed by atoms with Gasteiger partial charge in [-0.1, -0.05) is 56.3 Å². The Labute approximate surface area is 151 Å². The van der Waals surface area contributed by atoms with Crippen molar-refractivity contribution in [3.63, 3.8) is 0 Å². The Hall–Kier alpha value is -2.29. The molecule has 3 nitrogen and oxygen atoms in total. The van der Waals surface area contributed by atoms with Gasteiger partial charge in [-0.25, -0.2) is 0 Å². The Morgan fingerprint density at radius 3 is 2.48 bits per heavy atom. The molecule has 2 aromatic rings. The zero-order valence-electron chi connectivity index (χ0n) is 15.7. The van der Waals surface area contributed by atoms with Gasteiger partial charge in [0.25, 0.3) is 5.91 Å². The smallest absolute Gasteiger partial charge is 0.260 e. The van der Waals surface area contributed by atoms with Gasteiger partial charge in [0.05, 0.1) is 0 Å². The fourth-order valence-corrected chi connectivity index (χ4v) is 2.76. The molecule has 3 heteroatoms. The van der Waals surface area contributed by atoms with Gasteiger partial charge in [-0.05, 0) is 55.4 Å². The monoisotopic (exact) mass is 339 g/mol. The highest BCUT2D eigenvalue weighted by Crippen LogP contribution is 2.28. The van der Waals surface area contributed by atoms with Crippen LogP contribution >= 0.6 is 0 Å². The van der Waals surface area contributed by atoms with E-state index in [9.17, 15) is 4.79 Å². The quantitative estimate of drug-likeness (QED) is 0.712. The number of rotatable bonds is 8. The van der Waals surface area contributed by atoms with Crippen molar-refractivity contribution in [1.29, 1.82) is 0 Å². The molecule has 1 atom stereocenters. The molecule has 0 heterocycles. The molecular formula is C22H29NO2. The molecule has 0 radical (unpaired) electrons. The number of benzene rings is 2. The molecule has 25 heavy (non-hydrogen) atoms. The Kier molecular flexibility index (Phi) is 7.05. The normalized spacial score (nSPS) is 12.0. The zero-order valence-corrected chi connectivity index (χ0v) is 15.7. The molecule has 0 fully saturated rings. The maximum atomic E-state index is 12.3. The third-order valence-corrected chi connectivity index (χ3v) is 4.25. The highest BCUT2D eigenvalue weighted by Gasteiger charge is 2.17. The van der Waals surface area contributed by atoms with Gasteiger partial charge in [-0.2, -0.15) is 0 Å². The molecular weight excluding hydrogens is 310 g/mol. The van der Waals surface area contributed by atoms with Crippen molar-refractivity contribution in [2.45, 2.75) is 52.6 Å². The molecule has 0 spiro atoms. The number of hydrogen-bond acceptors (Lipinski definition) is 2. The van der Waals surface area contributed by atoms with E-state index in [1.165, 1.54) is 5.56 Å². The number of ether oxygens (including phenoxy) is 1. The van der Waals surface area contributed by atoms with E-state index in [1.54, 1.807) is 6.92 Å².